The molecular formula is C61H51N. The van der Waals surface area contributed by atoms with Gasteiger partial charge >= 0.3 is 0 Å². The van der Waals surface area contributed by atoms with Gasteiger partial charge in [0.2, 0.25) is 0 Å². The van der Waals surface area contributed by atoms with E-state index >= 15 is 0 Å². The van der Waals surface area contributed by atoms with Gasteiger partial charge in [0.15, 0.2) is 0 Å². The summed E-state index contributed by atoms with van der Waals surface area (Å²) in [6, 6.07) is 67.5. The Kier molecular flexibility index (Phi) is 7.48. The highest BCUT2D eigenvalue weighted by Crippen LogP contribution is 2.66. The van der Waals surface area contributed by atoms with Crippen molar-refractivity contribution in [2.45, 2.75) is 69.6 Å². The molecule has 0 aromatic heterocycles. The first-order valence-electron chi connectivity index (χ1n) is 23.0. The van der Waals surface area contributed by atoms with Crippen LogP contribution >= 0.6 is 0 Å². The number of nitrogens with zero attached hydrogens (tertiary/aromatic N) is 1. The number of para-hydroxylation sites is 1. The van der Waals surface area contributed by atoms with Crippen molar-refractivity contribution in [3.8, 4) is 55.6 Å². The maximum Gasteiger partial charge on any atom is 0.0540 e. The summed E-state index contributed by atoms with van der Waals surface area (Å²) < 4.78 is 0. The van der Waals surface area contributed by atoms with E-state index < -0.39 is 0 Å². The molecule has 2 bridgehead atoms. The Labute approximate surface area is 366 Å². The first kappa shape index (κ1) is 36.2. The molecule has 13 rings (SSSR count). The lowest BCUT2D eigenvalue weighted by Gasteiger charge is -2.36. The second-order valence-corrected chi connectivity index (χ2v) is 20.1. The maximum atomic E-state index is 2.54. The standard InChI is InChI=1S/C61H51N/c1-59(2)51-19-9-5-14-44(51)49-35-40(27-32-53(49)59)39-25-29-42(30-26-39)62(43-31-33-55-50(36-43)45-15-6-11-21-54(45)61(55)37-38-24-28-41(61)34-38)57-23-12-8-16-46(57)47-18-13-22-56-58(47)48-17-7-10-20-52(48)60(56,3)4/h5-23,25-27,29-33,35-36,38,41H,24,28,34,37H2,1-4H3. The second-order valence-electron chi connectivity index (χ2n) is 20.1. The van der Waals surface area contributed by atoms with Gasteiger partial charge in [-0.25, -0.2) is 0 Å². The third-order valence-corrected chi connectivity index (χ3v) is 16.4. The van der Waals surface area contributed by atoms with Gasteiger partial charge in [-0.2, -0.15) is 0 Å². The summed E-state index contributed by atoms with van der Waals surface area (Å²) in [5, 5.41) is 0. The van der Waals surface area contributed by atoms with Gasteiger partial charge in [-0.15, -0.1) is 0 Å². The molecular weight excluding hydrogens is 747 g/mol. The summed E-state index contributed by atoms with van der Waals surface area (Å²) in [7, 11) is 0. The van der Waals surface area contributed by atoms with Crippen LogP contribution in [-0.2, 0) is 16.2 Å². The molecule has 0 saturated heterocycles. The molecule has 8 aromatic carbocycles. The van der Waals surface area contributed by atoms with Crippen molar-refractivity contribution in [3.05, 3.63) is 209 Å². The Morgan fingerprint density at radius 2 is 0.935 bits per heavy atom. The van der Waals surface area contributed by atoms with Crippen molar-refractivity contribution in [3.63, 3.8) is 0 Å². The lowest BCUT2D eigenvalue weighted by molar-refractivity contribution is 0.327. The van der Waals surface area contributed by atoms with Crippen molar-refractivity contribution >= 4 is 17.1 Å². The summed E-state index contributed by atoms with van der Waals surface area (Å²) in [6.45, 7) is 9.48. The number of hydrogen-bond acceptors (Lipinski definition) is 1. The number of benzene rings is 8. The highest BCUT2D eigenvalue weighted by atomic mass is 15.1. The van der Waals surface area contributed by atoms with Gasteiger partial charge in [0.05, 0.1) is 5.69 Å². The minimum atomic E-state index is -0.0786. The minimum absolute atomic E-state index is 0.00766. The molecule has 0 heterocycles. The Morgan fingerprint density at radius 3 is 1.68 bits per heavy atom. The van der Waals surface area contributed by atoms with Crippen LogP contribution in [0.4, 0.5) is 17.1 Å². The highest BCUT2D eigenvalue weighted by Gasteiger charge is 2.56. The highest BCUT2D eigenvalue weighted by molar-refractivity contribution is 5.99. The van der Waals surface area contributed by atoms with Crippen molar-refractivity contribution in [2.24, 2.45) is 11.8 Å². The van der Waals surface area contributed by atoms with Crippen LogP contribution in [0.1, 0.15) is 86.8 Å². The summed E-state index contributed by atoms with van der Waals surface area (Å²) in [5.74, 6) is 1.58. The van der Waals surface area contributed by atoms with Gasteiger partial charge in [-0.1, -0.05) is 174 Å². The lowest BCUT2D eigenvalue weighted by atomic mass is 9.67. The molecule has 8 aromatic rings. The van der Waals surface area contributed by atoms with E-state index in [4.69, 9.17) is 0 Å². The molecule has 62 heavy (non-hydrogen) atoms. The van der Waals surface area contributed by atoms with E-state index in [1.807, 2.05) is 0 Å². The van der Waals surface area contributed by atoms with Crippen molar-refractivity contribution in [1.82, 2.24) is 0 Å². The number of anilines is 3. The van der Waals surface area contributed by atoms with Gasteiger partial charge < -0.3 is 4.90 Å². The maximum absolute atomic E-state index is 2.54. The summed E-state index contributed by atoms with van der Waals surface area (Å²) in [4.78, 5) is 2.54. The van der Waals surface area contributed by atoms with Crippen LogP contribution in [-0.4, -0.2) is 0 Å². The van der Waals surface area contributed by atoms with Gasteiger partial charge in [-0.3, -0.25) is 0 Å². The monoisotopic (exact) mass is 797 g/mol. The Balaban J connectivity index is 0.989. The average molecular weight is 798 g/mol. The van der Waals surface area contributed by atoms with E-state index in [9.17, 15) is 0 Å². The zero-order chi connectivity index (χ0) is 41.5. The van der Waals surface area contributed by atoms with Crippen molar-refractivity contribution < 1.29 is 0 Å². The molecule has 0 aliphatic heterocycles. The van der Waals surface area contributed by atoms with E-state index in [1.165, 1.54) is 115 Å². The zero-order valence-electron chi connectivity index (χ0n) is 36.2. The Bertz CT molecular complexity index is 3160. The number of rotatable bonds is 5. The molecule has 3 unspecified atom stereocenters. The predicted molar refractivity (Wildman–Crippen MR) is 259 cm³/mol. The van der Waals surface area contributed by atoms with E-state index in [1.54, 1.807) is 11.1 Å². The SMILES string of the molecule is CC1(C)c2ccccc2-c2cc(-c3ccc(N(c4ccc5c(c4)-c4ccccc4C54CC5CCC4C5)c4ccccc4-c4cccc5c4-c4ccccc4C5(C)C)cc3)ccc21. The van der Waals surface area contributed by atoms with Gasteiger partial charge in [0, 0.05) is 33.2 Å². The Morgan fingerprint density at radius 1 is 0.403 bits per heavy atom. The quantitative estimate of drug-likeness (QED) is 0.168. The van der Waals surface area contributed by atoms with Crippen molar-refractivity contribution in [1.29, 1.82) is 0 Å². The fourth-order valence-corrected chi connectivity index (χ4v) is 13.5. The molecule has 0 N–H and O–H groups in total. The van der Waals surface area contributed by atoms with Gasteiger partial charge in [0.1, 0.15) is 0 Å². The van der Waals surface area contributed by atoms with Gasteiger partial charge in [0.25, 0.3) is 0 Å². The molecule has 2 saturated carbocycles. The average Bonchev–Trinajstić information content (AvgIpc) is 4.10. The molecule has 3 atom stereocenters. The fraction of sp³-hybridized carbons (Fsp3) is 0.213. The first-order chi connectivity index (χ1) is 30.2. The van der Waals surface area contributed by atoms with Crippen LogP contribution < -0.4 is 4.90 Å². The molecule has 1 spiro atoms. The third-order valence-electron chi connectivity index (χ3n) is 16.4. The summed E-state index contributed by atoms with van der Waals surface area (Å²) >= 11 is 0. The van der Waals surface area contributed by atoms with Crippen LogP contribution in [0.5, 0.6) is 0 Å². The third kappa shape index (κ3) is 4.80. The van der Waals surface area contributed by atoms with Crippen LogP contribution in [0.25, 0.3) is 55.6 Å². The molecule has 300 valence electrons. The van der Waals surface area contributed by atoms with Crippen LogP contribution in [0.15, 0.2) is 176 Å². The molecule has 0 amide bonds. The fourth-order valence-electron chi connectivity index (χ4n) is 13.5. The van der Waals surface area contributed by atoms with E-state index in [-0.39, 0.29) is 16.2 Å². The van der Waals surface area contributed by atoms with Crippen molar-refractivity contribution in [2.75, 3.05) is 4.90 Å². The van der Waals surface area contributed by atoms with E-state index in [0.29, 0.717) is 0 Å². The van der Waals surface area contributed by atoms with Crippen LogP contribution in [0.3, 0.4) is 0 Å². The van der Waals surface area contributed by atoms with Crippen LogP contribution in [0.2, 0.25) is 0 Å². The van der Waals surface area contributed by atoms with E-state index in [0.717, 1.165) is 17.5 Å². The molecule has 1 heteroatoms. The number of hydrogen-bond donors (Lipinski definition) is 0. The predicted octanol–water partition coefficient (Wildman–Crippen LogP) is 16.2. The summed E-state index contributed by atoms with van der Waals surface area (Å²) in [5.41, 5.74) is 25.6. The molecule has 2 fully saturated rings. The topological polar surface area (TPSA) is 3.24 Å². The minimum Gasteiger partial charge on any atom is -0.310 e. The van der Waals surface area contributed by atoms with Crippen LogP contribution in [0, 0.1) is 11.8 Å². The van der Waals surface area contributed by atoms with Gasteiger partial charge in [-0.05, 0) is 151 Å². The molecule has 0 radical (unpaired) electrons. The Hall–Kier alpha value is -6.44. The smallest absolute Gasteiger partial charge is 0.0540 e. The summed E-state index contributed by atoms with van der Waals surface area (Å²) in [6.07, 6.45) is 5.40. The second kappa shape index (κ2) is 12.8. The molecule has 5 aliphatic carbocycles. The molecule has 1 nitrogen and oxygen atoms in total. The normalized spacial score (nSPS) is 21.0. The van der Waals surface area contributed by atoms with E-state index in [2.05, 4.69) is 209 Å². The zero-order valence-corrected chi connectivity index (χ0v) is 36.2. The lowest BCUT2D eigenvalue weighted by Crippen LogP contribution is -2.31. The molecule has 5 aliphatic rings. The largest absolute Gasteiger partial charge is 0.310 e. The number of fused-ring (bicyclic) bond motifs is 14. The first-order valence-corrected chi connectivity index (χ1v) is 23.0.